The number of alkyl halides is 1. The lowest BCUT2D eigenvalue weighted by Gasteiger charge is -2.38. The number of hydrogen-bond acceptors (Lipinski definition) is 1. The van der Waals surface area contributed by atoms with E-state index in [0.29, 0.717) is 5.41 Å². The summed E-state index contributed by atoms with van der Waals surface area (Å²) in [6.45, 7) is 4.58. The highest BCUT2D eigenvalue weighted by atomic mass is 79.9. The van der Waals surface area contributed by atoms with Gasteiger partial charge in [-0.05, 0) is 36.0 Å². The molecule has 0 aromatic carbocycles. The van der Waals surface area contributed by atoms with Crippen LogP contribution in [0, 0.1) is 16.7 Å². The first kappa shape index (κ1) is 9.01. The highest BCUT2D eigenvalue weighted by molar-refractivity contribution is 9.09. The number of hydrogen-bond donors (Lipinski definition) is 1. The molecular formula is C10H17BrO. The number of fused-ring (bicyclic) bond motifs is 2. The van der Waals surface area contributed by atoms with E-state index in [1.165, 1.54) is 12.8 Å². The van der Waals surface area contributed by atoms with Gasteiger partial charge in [-0.15, -0.1) is 0 Å². The molecule has 12 heavy (non-hydrogen) atoms. The molecule has 1 N–H and O–H groups in total. The van der Waals surface area contributed by atoms with Crippen molar-refractivity contribution in [2.45, 2.75) is 39.2 Å². The van der Waals surface area contributed by atoms with Gasteiger partial charge in [0.2, 0.25) is 0 Å². The van der Waals surface area contributed by atoms with Crippen LogP contribution in [0.4, 0.5) is 0 Å². The van der Waals surface area contributed by atoms with Crippen molar-refractivity contribution in [2.75, 3.05) is 5.33 Å². The topological polar surface area (TPSA) is 20.2 Å². The highest BCUT2D eigenvalue weighted by Gasteiger charge is 2.62. The summed E-state index contributed by atoms with van der Waals surface area (Å²) in [7, 11) is 0. The van der Waals surface area contributed by atoms with Crippen LogP contribution in [0.2, 0.25) is 0 Å². The lowest BCUT2D eigenvalue weighted by molar-refractivity contribution is 0.0148. The molecule has 2 saturated carbocycles. The Hall–Kier alpha value is 0.440. The fourth-order valence-corrected chi connectivity index (χ4v) is 4.36. The summed E-state index contributed by atoms with van der Waals surface area (Å²) in [4.78, 5) is 0. The average molecular weight is 233 g/mol. The summed E-state index contributed by atoms with van der Waals surface area (Å²) in [6.07, 6.45) is 3.49. The molecule has 2 rings (SSSR count). The molecule has 2 heteroatoms. The first-order valence-corrected chi connectivity index (χ1v) is 5.91. The van der Waals surface area contributed by atoms with Crippen molar-refractivity contribution in [2.24, 2.45) is 16.7 Å². The van der Waals surface area contributed by atoms with Crippen LogP contribution in [0.3, 0.4) is 0 Å². The number of aliphatic hydroxyl groups excluding tert-OH is 1. The van der Waals surface area contributed by atoms with Gasteiger partial charge in [-0.1, -0.05) is 29.8 Å². The summed E-state index contributed by atoms with van der Waals surface area (Å²) in [5.74, 6) is 0.747. The maximum atomic E-state index is 9.92. The van der Waals surface area contributed by atoms with E-state index in [0.717, 1.165) is 17.7 Å². The first-order valence-electron chi connectivity index (χ1n) is 4.78. The molecule has 0 aliphatic heterocycles. The number of halogens is 1. The average Bonchev–Trinajstić information content (AvgIpc) is 2.39. The van der Waals surface area contributed by atoms with E-state index >= 15 is 0 Å². The second kappa shape index (κ2) is 2.48. The summed E-state index contributed by atoms with van der Waals surface area (Å²) in [5.41, 5.74) is 0.521. The van der Waals surface area contributed by atoms with E-state index in [1.54, 1.807) is 0 Å². The Morgan fingerprint density at radius 2 is 2.17 bits per heavy atom. The van der Waals surface area contributed by atoms with Gasteiger partial charge in [-0.3, -0.25) is 0 Å². The zero-order valence-electron chi connectivity index (χ0n) is 7.81. The molecular weight excluding hydrogens is 216 g/mol. The van der Waals surface area contributed by atoms with Crippen molar-refractivity contribution < 1.29 is 5.11 Å². The van der Waals surface area contributed by atoms with Gasteiger partial charge in [0.05, 0.1) is 6.10 Å². The lowest BCUT2D eigenvalue weighted by Crippen LogP contribution is -2.38. The molecule has 0 amide bonds. The smallest absolute Gasteiger partial charge is 0.0602 e. The Bertz CT molecular complexity index is 204. The second-order valence-corrected chi connectivity index (χ2v) is 5.52. The van der Waals surface area contributed by atoms with Crippen molar-refractivity contribution >= 4 is 15.9 Å². The molecule has 1 nitrogen and oxygen atoms in total. The molecule has 0 aromatic heterocycles. The first-order chi connectivity index (χ1) is 5.54. The van der Waals surface area contributed by atoms with Gasteiger partial charge in [0.1, 0.15) is 0 Å². The van der Waals surface area contributed by atoms with Crippen LogP contribution in [0.15, 0.2) is 0 Å². The van der Waals surface area contributed by atoms with Gasteiger partial charge < -0.3 is 5.11 Å². The summed E-state index contributed by atoms with van der Waals surface area (Å²) >= 11 is 3.60. The summed E-state index contributed by atoms with van der Waals surface area (Å²) in [6, 6.07) is 0. The Balaban J connectivity index is 2.38. The molecule has 0 saturated heterocycles. The van der Waals surface area contributed by atoms with Gasteiger partial charge in [0.25, 0.3) is 0 Å². The van der Waals surface area contributed by atoms with Gasteiger partial charge in [0.15, 0.2) is 0 Å². The zero-order chi connectivity index (χ0) is 8.98. The minimum atomic E-state index is -0.0567. The number of rotatable bonds is 1. The molecule has 2 bridgehead atoms. The summed E-state index contributed by atoms with van der Waals surface area (Å²) < 4.78 is 0. The SMILES string of the molecule is C[C@@]1(CBr)[C@H]2CC[C@]1(C)[C@@H](O)C2. The van der Waals surface area contributed by atoms with Crippen LogP contribution in [-0.2, 0) is 0 Å². The Kier molecular flexibility index (Phi) is 1.86. The largest absolute Gasteiger partial charge is 0.393 e. The quantitative estimate of drug-likeness (QED) is 0.690. The van der Waals surface area contributed by atoms with Gasteiger partial charge in [-0.2, -0.15) is 0 Å². The molecule has 70 valence electrons. The van der Waals surface area contributed by atoms with Gasteiger partial charge in [0, 0.05) is 5.33 Å². The maximum Gasteiger partial charge on any atom is 0.0602 e. The zero-order valence-corrected chi connectivity index (χ0v) is 9.39. The molecule has 2 fully saturated rings. The monoisotopic (exact) mass is 232 g/mol. The number of aliphatic hydroxyl groups is 1. The van der Waals surface area contributed by atoms with Crippen LogP contribution < -0.4 is 0 Å². The van der Waals surface area contributed by atoms with E-state index < -0.39 is 0 Å². The molecule has 0 heterocycles. The van der Waals surface area contributed by atoms with Crippen molar-refractivity contribution in [3.8, 4) is 0 Å². The van der Waals surface area contributed by atoms with Crippen molar-refractivity contribution in [1.29, 1.82) is 0 Å². The Morgan fingerprint density at radius 1 is 1.50 bits per heavy atom. The van der Waals surface area contributed by atoms with E-state index in [4.69, 9.17) is 0 Å². The van der Waals surface area contributed by atoms with Crippen LogP contribution in [0.25, 0.3) is 0 Å². The van der Waals surface area contributed by atoms with Crippen LogP contribution in [0.1, 0.15) is 33.1 Å². The van der Waals surface area contributed by atoms with Crippen LogP contribution >= 0.6 is 15.9 Å². The molecule has 0 unspecified atom stereocenters. The molecule has 4 atom stereocenters. The van der Waals surface area contributed by atoms with Gasteiger partial charge >= 0.3 is 0 Å². The van der Waals surface area contributed by atoms with Crippen LogP contribution in [0.5, 0.6) is 0 Å². The van der Waals surface area contributed by atoms with E-state index in [1.807, 2.05) is 0 Å². The van der Waals surface area contributed by atoms with Crippen molar-refractivity contribution in [3.05, 3.63) is 0 Å². The fraction of sp³-hybridized carbons (Fsp3) is 1.00. The minimum absolute atomic E-state index is 0.0567. The molecule has 0 aromatic rings. The van der Waals surface area contributed by atoms with Crippen LogP contribution in [-0.4, -0.2) is 16.5 Å². The standard InChI is InChI=1S/C10H17BrO/c1-9-4-3-7(5-8(9)12)10(9,2)6-11/h7-8,12H,3-6H2,1-2H3/t7-,8-,9+,10+/m0/s1. The fourth-order valence-electron chi connectivity index (χ4n) is 3.26. The second-order valence-electron chi connectivity index (χ2n) is 4.96. The molecule has 2 aliphatic carbocycles. The van der Waals surface area contributed by atoms with Gasteiger partial charge in [-0.25, -0.2) is 0 Å². The third-order valence-electron chi connectivity index (χ3n) is 4.74. The third-order valence-corrected chi connectivity index (χ3v) is 5.90. The Morgan fingerprint density at radius 3 is 2.42 bits per heavy atom. The van der Waals surface area contributed by atoms with E-state index in [-0.39, 0.29) is 11.5 Å². The molecule has 2 aliphatic rings. The third kappa shape index (κ3) is 0.784. The predicted octanol–water partition coefficient (Wildman–Crippen LogP) is 2.57. The van der Waals surface area contributed by atoms with E-state index in [2.05, 4.69) is 29.8 Å². The van der Waals surface area contributed by atoms with Crippen molar-refractivity contribution in [3.63, 3.8) is 0 Å². The minimum Gasteiger partial charge on any atom is -0.393 e. The predicted molar refractivity (Wildman–Crippen MR) is 53.4 cm³/mol. The molecule has 0 spiro atoms. The Labute approximate surface area is 82.7 Å². The van der Waals surface area contributed by atoms with Crippen molar-refractivity contribution in [1.82, 2.24) is 0 Å². The highest BCUT2D eigenvalue weighted by Crippen LogP contribution is 2.66. The summed E-state index contributed by atoms with van der Waals surface area (Å²) in [5, 5.41) is 11.0. The maximum absolute atomic E-state index is 9.92. The van der Waals surface area contributed by atoms with E-state index in [9.17, 15) is 5.11 Å². The lowest BCUT2D eigenvalue weighted by atomic mass is 9.70. The normalized spacial score (nSPS) is 58.0. The molecule has 0 radical (unpaired) electrons.